The number of benzene rings is 5. The molecule has 0 unspecified atom stereocenters. The lowest BCUT2D eigenvalue weighted by molar-refractivity contribution is 0.660. The Hall–Kier alpha value is -4.82. The molecule has 41 heavy (non-hydrogen) atoms. The molecule has 2 aliphatic rings. The molecule has 0 amide bonds. The van der Waals surface area contributed by atoms with Crippen molar-refractivity contribution in [1.29, 1.82) is 0 Å². The minimum atomic E-state index is -0.144. The predicted molar refractivity (Wildman–Crippen MR) is 174 cm³/mol. The standard InChI is InChI=1S/C39H34N2/c1-39(2)37-27-33(40(29-15-7-3-8-16-29)30-17-9-4-10-18-30)23-25-35(37)36-26-24-34(28-38(36)39)41(31-19-11-5-12-20-31)32-21-13-6-14-22-32/h3-5,7-13,15-28H,6,14H2,1-2H3. The molecule has 7 rings (SSSR count). The van der Waals surface area contributed by atoms with E-state index in [0.717, 1.165) is 24.2 Å². The van der Waals surface area contributed by atoms with Crippen molar-refractivity contribution in [1.82, 2.24) is 0 Å². The molecule has 0 radical (unpaired) electrons. The fourth-order valence-electron chi connectivity index (χ4n) is 6.38. The molecule has 0 bridgehead atoms. The molecule has 2 aliphatic carbocycles. The van der Waals surface area contributed by atoms with Crippen LogP contribution in [0.1, 0.15) is 37.8 Å². The van der Waals surface area contributed by atoms with Crippen molar-refractivity contribution in [2.24, 2.45) is 0 Å². The summed E-state index contributed by atoms with van der Waals surface area (Å²) in [5, 5.41) is 0. The Morgan fingerprint density at radius 2 is 0.951 bits per heavy atom. The molecule has 200 valence electrons. The molecular weight excluding hydrogens is 496 g/mol. The Kier molecular flexibility index (Phi) is 6.32. The minimum absolute atomic E-state index is 0.144. The third-order valence-corrected chi connectivity index (χ3v) is 8.44. The molecule has 2 nitrogen and oxygen atoms in total. The van der Waals surface area contributed by atoms with Gasteiger partial charge < -0.3 is 9.80 Å². The van der Waals surface area contributed by atoms with E-state index in [1.165, 1.54) is 45.0 Å². The van der Waals surface area contributed by atoms with E-state index < -0.39 is 0 Å². The van der Waals surface area contributed by atoms with E-state index in [4.69, 9.17) is 0 Å². The van der Waals surface area contributed by atoms with Gasteiger partial charge in [-0.25, -0.2) is 0 Å². The Morgan fingerprint density at radius 3 is 1.41 bits per heavy atom. The van der Waals surface area contributed by atoms with Crippen molar-refractivity contribution in [3.05, 3.63) is 162 Å². The summed E-state index contributed by atoms with van der Waals surface area (Å²) in [6.45, 7) is 4.74. The monoisotopic (exact) mass is 530 g/mol. The van der Waals surface area contributed by atoms with Crippen LogP contribution in [0.4, 0.5) is 28.4 Å². The first-order chi connectivity index (χ1) is 20.1. The smallest absolute Gasteiger partial charge is 0.0465 e. The van der Waals surface area contributed by atoms with Crippen molar-refractivity contribution in [3.8, 4) is 11.1 Å². The number of hydrogen-bond donors (Lipinski definition) is 0. The zero-order chi connectivity index (χ0) is 27.8. The zero-order valence-electron chi connectivity index (χ0n) is 23.7. The number of nitrogens with zero attached hydrogens (tertiary/aromatic N) is 2. The molecule has 0 saturated carbocycles. The highest BCUT2D eigenvalue weighted by Gasteiger charge is 2.36. The summed E-state index contributed by atoms with van der Waals surface area (Å²) >= 11 is 0. The maximum absolute atomic E-state index is 2.41. The van der Waals surface area contributed by atoms with Crippen molar-refractivity contribution in [3.63, 3.8) is 0 Å². The van der Waals surface area contributed by atoms with Crippen LogP contribution in [0.25, 0.3) is 11.1 Å². The second kappa shape index (κ2) is 10.3. The number of fused-ring (bicyclic) bond motifs is 3. The van der Waals surface area contributed by atoms with Gasteiger partial charge in [0.15, 0.2) is 0 Å². The summed E-state index contributed by atoms with van der Waals surface area (Å²) in [5.41, 5.74) is 12.3. The third-order valence-electron chi connectivity index (χ3n) is 8.44. The van der Waals surface area contributed by atoms with Crippen LogP contribution in [-0.2, 0) is 5.41 Å². The molecule has 0 atom stereocenters. The van der Waals surface area contributed by atoms with Gasteiger partial charge in [0.1, 0.15) is 0 Å². The largest absolute Gasteiger partial charge is 0.311 e. The fourth-order valence-corrected chi connectivity index (χ4v) is 6.38. The van der Waals surface area contributed by atoms with Crippen LogP contribution in [0.5, 0.6) is 0 Å². The van der Waals surface area contributed by atoms with E-state index >= 15 is 0 Å². The zero-order valence-corrected chi connectivity index (χ0v) is 23.7. The van der Waals surface area contributed by atoms with Gasteiger partial charge in [-0.15, -0.1) is 0 Å². The van der Waals surface area contributed by atoms with E-state index in [1.54, 1.807) is 0 Å². The van der Waals surface area contributed by atoms with Crippen LogP contribution in [-0.4, -0.2) is 0 Å². The van der Waals surface area contributed by atoms with Crippen LogP contribution in [0.15, 0.2) is 151 Å². The van der Waals surface area contributed by atoms with Crippen LogP contribution in [0.2, 0.25) is 0 Å². The molecule has 5 aromatic rings. The van der Waals surface area contributed by atoms with Gasteiger partial charge in [0.25, 0.3) is 0 Å². The van der Waals surface area contributed by atoms with Crippen LogP contribution < -0.4 is 9.80 Å². The van der Waals surface area contributed by atoms with Gasteiger partial charge in [0.2, 0.25) is 0 Å². The van der Waals surface area contributed by atoms with Crippen molar-refractivity contribution >= 4 is 28.4 Å². The maximum Gasteiger partial charge on any atom is 0.0465 e. The minimum Gasteiger partial charge on any atom is -0.311 e. The SMILES string of the molecule is CC1(C)c2cc(N(C3=CCCC=C3)c3ccccc3)ccc2-c2ccc(N(c3ccccc3)c3ccccc3)cc21. The van der Waals surface area contributed by atoms with Gasteiger partial charge in [0.05, 0.1) is 0 Å². The fraction of sp³-hybridized carbons (Fsp3) is 0.128. The average Bonchev–Trinajstić information content (AvgIpc) is 3.25. The first-order valence-corrected chi connectivity index (χ1v) is 14.5. The number of allylic oxidation sites excluding steroid dienone is 3. The van der Waals surface area contributed by atoms with Gasteiger partial charge in [-0.1, -0.05) is 92.7 Å². The summed E-state index contributed by atoms with van der Waals surface area (Å²) < 4.78 is 0. The van der Waals surface area contributed by atoms with Gasteiger partial charge >= 0.3 is 0 Å². The summed E-state index contributed by atoms with van der Waals surface area (Å²) in [7, 11) is 0. The van der Waals surface area contributed by atoms with Crippen molar-refractivity contribution in [2.45, 2.75) is 32.1 Å². The molecule has 5 aromatic carbocycles. The molecule has 2 heteroatoms. The Bertz CT molecular complexity index is 1710. The molecular formula is C39H34N2. The van der Waals surface area contributed by atoms with E-state index in [-0.39, 0.29) is 5.41 Å². The molecule has 0 N–H and O–H groups in total. The van der Waals surface area contributed by atoms with Crippen molar-refractivity contribution < 1.29 is 0 Å². The van der Waals surface area contributed by atoms with Crippen LogP contribution in [0.3, 0.4) is 0 Å². The van der Waals surface area contributed by atoms with Crippen molar-refractivity contribution in [2.75, 3.05) is 9.80 Å². The van der Waals surface area contributed by atoms with Gasteiger partial charge in [0, 0.05) is 39.5 Å². The predicted octanol–water partition coefficient (Wildman–Crippen LogP) is 10.8. The molecule has 0 fully saturated rings. The second-order valence-corrected chi connectivity index (χ2v) is 11.4. The Balaban J connectivity index is 1.33. The van der Waals surface area contributed by atoms with E-state index in [9.17, 15) is 0 Å². The van der Waals surface area contributed by atoms with E-state index in [2.05, 4.69) is 169 Å². The number of para-hydroxylation sites is 3. The first-order valence-electron chi connectivity index (χ1n) is 14.5. The Labute approximate surface area is 243 Å². The molecule has 0 aromatic heterocycles. The van der Waals surface area contributed by atoms with Gasteiger partial charge in [-0.3, -0.25) is 0 Å². The summed E-state index contributed by atoms with van der Waals surface area (Å²) in [5.74, 6) is 0. The highest BCUT2D eigenvalue weighted by atomic mass is 15.1. The number of hydrogen-bond acceptors (Lipinski definition) is 2. The quantitative estimate of drug-likeness (QED) is 0.215. The highest BCUT2D eigenvalue weighted by molar-refractivity contribution is 5.87. The molecule has 0 aliphatic heterocycles. The van der Waals surface area contributed by atoms with Gasteiger partial charge in [-0.05, 0) is 102 Å². The molecule has 0 spiro atoms. The third kappa shape index (κ3) is 4.46. The highest BCUT2D eigenvalue weighted by Crippen LogP contribution is 2.52. The average molecular weight is 531 g/mol. The van der Waals surface area contributed by atoms with Crippen LogP contribution >= 0.6 is 0 Å². The summed E-state index contributed by atoms with van der Waals surface area (Å²) in [6.07, 6.45) is 9.07. The lowest BCUT2D eigenvalue weighted by Gasteiger charge is -2.30. The molecule has 0 heterocycles. The maximum atomic E-state index is 2.41. The second-order valence-electron chi connectivity index (χ2n) is 11.4. The normalized spacial score (nSPS) is 14.6. The lowest BCUT2D eigenvalue weighted by Crippen LogP contribution is -2.19. The molecule has 0 saturated heterocycles. The number of rotatable bonds is 6. The van der Waals surface area contributed by atoms with E-state index in [0.29, 0.717) is 0 Å². The first kappa shape index (κ1) is 25.2. The topological polar surface area (TPSA) is 6.48 Å². The van der Waals surface area contributed by atoms with Gasteiger partial charge in [-0.2, -0.15) is 0 Å². The summed E-state index contributed by atoms with van der Waals surface area (Å²) in [4.78, 5) is 4.75. The number of anilines is 5. The summed E-state index contributed by atoms with van der Waals surface area (Å²) in [6, 6.07) is 46.0. The van der Waals surface area contributed by atoms with E-state index in [1.807, 2.05) is 0 Å². The Morgan fingerprint density at radius 1 is 0.488 bits per heavy atom. The van der Waals surface area contributed by atoms with Crippen LogP contribution in [0, 0.1) is 0 Å². The lowest BCUT2D eigenvalue weighted by atomic mass is 9.82.